The molecular formula is C34H47N3O5. The number of ketones is 1. The first-order chi connectivity index (χ1) is 19.8. The van der Waals surface area contributed by atoms with Gasteiger partial charge in [0.1, 0.15) is 0 Å². The molecule has 1 N–H and O–H groups in total. The Balaban J connectivity index is 1.38. The lowest BCUT2D eigenvalue weighted by atomic mass is 9.86. The molecule has 0 bridgehead atoms. The van der Waals surface area contributed by atoms with Crippen molar-refractivity contribution in [2.24, 2.45) is 5.41 Å². The highest BCUT2D eigenvalue weighted by Gasteiger charge is 2.49. The molecule has 0 aliphatic carbocycles. The fraction of sp³-hybridized carbons (Fsp3) is 0.559. The zero-order valence-electron chi connectivity index (χ0n) is 26.2. The first kappa shape index (κ1) is 31.7. The van der Waals surface area contributed by atoms with Crippen LogP contribution in [0.5, 0.6) is 0 Å². The summed E-state index contributed by atoms with van der Waals surface area (Å²) >= 11 is 0. The van der Waals surface area contributed by atoms with Crippen LogP contribution in [0.15, 0.2) is 54.6 Å². The topological polar surface area (TPSA) is 91.3 Å². The summed E-state index contributed by atoms with van der Waals surface area (Å²) < 4.78 is 5.84. The van der Waals surface area contributed by atoms with Gasteiger partial charge in [0.2, 0.25) is 17.9 Å². The number of alkyl carbamates (subject to hydrolysis) is 1. The lowest BCUT2D eigenvalue weighted by Crippen LogP contribution is -2.47. The van der Waals surface area contributed by atoms with Gasteiger partial charge >= 0.3 is 6.09 Å². The molecule has 2 amide bonds. The first-order valence-corrected chi connectivity index (χ1v) is 15.2. The van der Waals surface area contributed by atoms with Gasteiger partial charge in [-0.2, -0.15) is 0 Å². The minimum Gasteiger partial charge on any atom is -0.425 e. The zero-order chi connectivity index (χ0) is 30.7. The predicted molar refractivity (Wildman–Crippen MR) is 162 cm³/mol. The number of carbonyl (C=O) groups is 3. The maximum Gasteiger partial charge on any atom is 0.409 e. The second kappa shape index (κ2) is 13.0. The molecule has 4 rings (SSSR count). The van der Waals surface area contributed by atoms with Gasteiger partial charge in [0.05, 0.1) is 18.5 Å². The number of rotatable bonds is 11. The molecule has 2 aromatic rings. The number of benzene rings is 2. The first-order valence-electron chi connectivity index (χ1n) is 15.2. The van der Waals surface area contributed by atoms with Crippen molar-refractivity contribution < 1.29 is 24.0 Å². The lowest BCUT2D eigenvalue weighted by molar-refractivity contribution is -0.137. The van der Waals surface area contributed by atoms with E-state index in [2.05, 4.69) is 52.1 Å². The van der Waals surface area contributed by atoms with Crippen molar-refractivity contribution in [2.45, 2.75) is 111 Å². The number of Topliss-reactive ketones (excluding diaryl/α,β-unsaturated/α-hetero) is 1. The molecule has 228 valence electrons. The normalized spacial score (nSPS) is 22.7. The average molecular weight is 578 g/mol. The Hall–Kier alpha value is -3.23. The number of hydrogen-bond acceptors (Lipinski definition) is 6. The van der Waals surface area contributed by atoms with Crippen LogP contribution in [-0.2, 0) is 31.0 Å². The van der Waals surface area contributed by atoms with E-state index in [9.17, 15) is 14.4 Å². The van der Waals surface area contributed by atoms with E-state index in [1.54, 1.807) is 9.96 Å². The quantitative estimate of drug-likeness (QED) is 0.315. The summed E-state index contributed by atoms with van der Waals surface area (Å²) in [6.45, 7) is 15.1. The number of ether oxygens (including phenoxy) is 1. The van der Waals surface area contributed by atoms with Gasteiger partial charge in [0.15, 0.2) is 6.23 Å². The predicted octanol–water partition coefficient (Wildman–Crippen LogP) is 6.30. The van der Waals surface area contributed by atoms with Crippen molar-refractivity contribution in [1.82, 2.24) is 15.3 Å². The van der Waals surface area contributed by atoms with Gasteiger partial charge in [0, 0.05) is 13.0 Å². The van der Waals surface area contributed by atoms with Crippen molar-refractivity contribution in [3.8, 4) is 0 Å². The Morgan fingerprint density at radius 2 is 1.74 bits per heavy atom. The molecule has 0 aromatic heterocycles. The summed E-state index contributed by atoms with van der Waals surface area (Å²) in [5.74, 6) is -0.279. The van der Waals surface area contributed by atoms with E-state index in [0.717, 1.165) is 24.0 Å². The van der Waals surface area contributed by atoms with E-state index in [1.807, 2.05) is 56.3 Å². The van der Waals surface area contributed by atoms with Crippen LogP contribution in [0.25, 0.3) is 0 Å². The largest absolute Gasteiger partial charge is 0.425 e. The van der Waals surface area contributed by atoms with Crippen LogP contribution < -0.4 is 5.32 Å². The molecule has 8 heteroatoms. The molecule has 2 aromatic carbocycles. The smallest absolute Gasteiger partial charge is 0.409 e. The van der Waals surface area contributed by atoms with Crippen molar-refractivity contribution in [3.63, 3.8) is 0 Å². The molecule has 5 atom stereocenters. The highest BCUT2D eigenvalue weighted by molar-refractivity contribution is 5.91. The molecule has 42 heavy (non-hydrogen) atoms. The molecule has 2 aliphatic rings. The van der Waals surface area contributed by atoms with E-state index in [-0.39, 0.29) is 35.0 Å². The lowest BCUT2D eigenvalue weighted by Gasteiger charge is -2.26. The SMILES string of the molecule is CCCC[C@H](NC(=O)OC1CC(C)(C)CN1C(=O)Cc1ccc(C(C)(C)C)cc1)C(=O)C1ON1[C@H](C)c1ccccc1. The van der Waals surface area contributed by atoms with Crippen LogP contribution in [0.4, 0.5) is 4.79 Å². The summed E-state index contributed by atoms with van der Waals surface area (Å²) in [4.78, 5) is 47.3. The van der Waals surface area contributed by atoms with Gasteiger partial charge in [-0.1, -0.05) is 109 Å². The van der Waals surface area contributed by atoms with Crippen LogP contribution in [0.1, 0.15) is 96.9 Å². The number of nitrogens with one attached hydrogen (secondary N) is 1. The number of likely N-dealkylation sites (tertiary alicyclic amines) is 1. The molecule has 2 saturated heterocycles. The van der Waals surface area contributed by atoms with E-state index in [1.165, 1.54) is 5.56 Å². The highest BCUT2D eigenvalue weighted by atomic mass is 16.8. The van der Waals surface area contributed by atoms with Gasteiger partial charge < -0.3 is 15.0 Å². The van der Waals surface area contributed by atoms with Gasteiger partial charge in [-0.25, -0.2) is 4.79 Å². The molecule has 8 nitrogen and oxygen atoms in total. The third kappa shape index (κ3) is 7.98. The Morgan fingerprint density at radius 3 is 2.36 bits per heavy atom. The Bertz CT molecular complexity index is 1240. The molecule has 2 aliphatic heterocycles. The number of amides is 2. The Morgan fingerprint density at radius 1 is 1.07 bits per heavy atom. The monoisotopic (exact) mass is 577 g/mol. The number of nitrogens with zero attached hydrogens (tertiary/aromatic N) is 2. The second-order valence-corrected chi connectivity index (χ2v) is 13.5. The molecule has 0 saturated carbocycles. The summed E-state index contributed by atoms with van der Waals surface area (Å²) in [6.07, 6.45) is 0.790. The van der Waals surface area contributed by atoms with Gasteiger partial charge in [-0.05, 0) is 40.9 Å². The molecule has 2 fully saturated rings. The highest BCUT2D eigenvalue weighted by Crippen LogP contribution is 2.36. The van der Waals surface area contributed by atoms with E-state index < -0.39 is 24.6 Å². The minimum absolute atomic E-state index is 0.0360. The number of hydroxylamine groups is 2. The fourth-order valence-corrected chi connectivity index (χ4v) is 5.57. The average Bonchev–Trinajstić information content (AvgIpc) is 3.68. The van der Waals surface area contributed by atoms with Crippen LogP contribution >= 0.6 is 0 Å². The standard InChI is InChI=1S/C34H47N3O5/c1-8-9-15-27(30(39)31-37(42-31)23(2)25-13-11-10-12-14-25)35-32(40)41-29-21-34(6,7)22-36(29)28(38)20-24-16-18-26(19-17-24)33(3,4)5/h10-14,16-19,23,27,29,31H,8-9,15,20-22H2,1-7H3,(H,35,40)/t23-,27+,29?,31?,37?/m1/s1. The van der Waals surface area contributed by atoms with Gasteiger partial charge in [-0.3, -0.25) is 14.4 Å². The third-order valence-corrected chi connectivity index (χ3v) is 8.21. The van der Waals surface area contributed by atoms with Crippen molar-refractivity contribution in [2.75, 3.05) is 6.54 Å². The summed E-state index contributed by atoms with van der Waals surface area (Å²) in [5, 5.41) is 4.46. The van der Waals surface area contributed by atoms with E-state index in [0.29, 0.717) is 19.4 Å². The summed E-state index contributed by atoms with van der Waals surface area (Å²) in [5.41, 5.74) is 3.01. The molecule has 3 unspecified atom stereocenters. The number of unbranched alkanes of at least 4 members (excludes halogenated alkanes) is 1. The zero-order valence-corrected chi connectivity index (χ0v) is 26.2. The van der Waals surface area contributed by atoms with Crippen LogP contribution in [-0.4, -0.2) is 52.8 Å². The number of hydrogen-bond donors (Lipinski definition) is 1. The van der Waals surface area contributed by atoms with E-state index >= 15 is 0 Å². The molecule has 0 radical (unpaired) electrons. The van der Waals surface area contributed by atoms with Crippen molar-refractivity contribution >= 4 is 17.8 Å². The van der Waals surface area contributed by atoms with Crippen molar-refractivity contribution in [3.05, 3.63) is 71.3 Å². The fourth-order valence-electron chi connectivity index (χ4n) is 5.57. The van der Waals surface area contributed by atoms with Crippen molar-refractivity contribution in [1.29, 1.82) is 0 Å². The Labute approximate surface area is 250 Å². The third-order valence-electron chi connectivity index (χ3n) is 8.21. The molecule has 2 heterocycles. The maximum atomic E-state index is 13.4. The number of carbonyl (C=O) groups excluding carboxylic acids is 3. The Kier molecular flexibility index (Phi) is 9.78. The summed E-state index contributed by atoms with van der Waals surface area (Å²) in [7, 11) is 0. The summed E-state index contributed by atoms with van der Waals surface area (Å²) in [6, 6.07) is 17.1. The maximum absolute atomic E-state index is 13.4. The molecule has 0 spiro atoms. The van der Waals surface area contributed by atoms with Crippen LogP contribution in [0.3, 0.4) is 0 Å². The van der Waals surface area contributed by atoms with Gasteiger partial charge in [0.25, 0.3) is 0 Å². The van der Waals surface area contributed by atoms with Crippen LogP contribution in [0, 0.1) is 5.41 Å². The van der Waals surface area contributed by atoms with Crippen LogP contribution in [0.2, 0.25) is 0 Å². The molecular weight excluding hydrogens is 530 g/mol. The second-order valence-electron chi connectivity index (χ2n) is 13.5. The minimum atomic E-state index is -0.740. The van der Waals surface area contributed by atoms with E-state index in [4.69, 9.17) is 9.57 Å². The van der Waals surface area contributed by atoms with Gasteiger partial charge in [-0.15, -0.1) is 5.06 Å².